The molecule has 0 aliphatic rings. The largest absolute Gasteiger partial charge is 0.238 e. The summed E-state index contributed by atoms with van der Waals surface area (Å²) >= 11 is 5.57. The number of nitrogens with zero attached hydrogens (tertiary/aromatic N) is 3. The summed E-state index contributed by atoms with van der Waals surface area (Å²) in [6.45, 7) is 0. The monoisotopic (exact) mass is 232 g/mol. The number of nitrogens with two attached hydrogens (primary N) is 1. The molecule has 1 aromatic rings. The number of azide groups is 1. The highest BCUT2D eigenvalue weighted by Crippen LogP contribution is 2.26. The molecule has 0 spiro atoms. The van der Waals surface area contributed by atoms with Crippen molar-refractivity contribution in [3.8, 4) is 0 Å². The summed E-state index contributed by atoms with van der Waals surface area (Å²) in [7, 11) is -3.93. The highest BCUT2D eigenvalue weighted by molar-refractivity contribution is 7.89. The van der Waals surface area contributed by atoms with E-state index >= 15 is 0 Å². The van der Waals surface area contributed by atoms with Gasteiger partial charge in [-0.1, -0.05) is 16.7 Å². The van der Waals surface area contributed by atoms with Gasteiger partial charge in [0.25, 0.3) is 0 Å². The van der Waals surface area contributed by atoms with Crippen LogP contribution < -0.4 is 5.14 Å². The minimum atomic E-state index is -3.93. The van der Waals surface area contributed by atoms with Gasteiger partial charge >= 0.3 is 0 Å². The normalized spacial score (nSPS) is 10.7. The topological polar surface area (TPSA) is 109 Å². The van der Waals surface area contributed by atoms with Crippen molar-refractivity contribution in [1.82, 2.24) is 0 Å². The van der Waals surface area contributed by atoms with Gasteiger partial charge in [0.15, 0.2) is 0 Å². The van der Waals surface area contributed by atoms with E-state index in [4.69, 9.17) is 22.3 Å². The van der Waals surface area contributed by atoms with Gasteiger partial charge in [0.2, 0.25) is 10.0 Å². The Balaban J connectivity index is 3.53. The molecular weight excluding hydrogens is 228 g/mol. The van der Waals surface area contributed by atoms with E-state index in [1.54, 1.807) is 0 Å². The van der Waals surface area contributed by atoms with E-state index < -0.39 is 10.0 Å². The predicted octanol–water partition coefficient (Wildman–Crippen LogP) is 1.93. The molecule has 0 aliphatic heterocycles. The summed E-state index contributed by atoms with van der Waals surface area (Å²) in [5.41, 5.74) is 8.10. The highest BCUT2D eigenvalue weighted by atomic mass is 35.5. The van der Waals surface area contributed by atoms with Crippen LogP contribution in [0.2, 0.25) is 5.02 Å². The lowest BCUT2D eigenvalue weighted by atomic mass is 10.3. The standard InChI is InChI=1S/C6H5ClN4O2S/c7-4-1-2-5(10-11-8)6(3-4)14(9,12)13/h1-3H,(H2,9,12,13). The molecule has 0 aliphatic carbocycles. The molecule has 1 aromatic carbocycles. The van der Waals surface area contributed by atoms with Crippen LogP contribution in [0.5, 0.6) is 0 Å². The van der Waals surface area contributed by atoms with Gasteiger partial charge in [0.05, 0.1) is 10.6 Å². The molecular formula is C6H5ClN4O2S. The van der Waals surface area contributed by atoms with Crippen LogP contribution in [0.25, 0.3) is 10.4 Å². The number of hydrogen-bond acceptors (Lipinski definition) is 3. The van der Waals surface area contributed by atoms with Crippen molar-refractivity contribution < 1.29 is 8.42 Å². The van der Waals surface area contributed by atoms with Crippen molar-refractivity contribution in [3.63, 3.8) is 0 Å². The fraction of sp³-hybridized carbons (Fsp3) is 0. The first-order valence-corrected chi connectivity index (χ1v) is 5.25. The van der Waals surface area contributed by atoms with Gasteiger partial charge in [-0.3, -0.25) is 0 Å². The first-order valence-electron chi connectivity index (χ1n) is 3.32. The molecule has 1 rings (SSSR count). The zero-order valence-electron chi connectivity index (χ0n) is 6.75. The molecule has 0 unspecified atom stereocenters. The van der Waals surface area contributed by atoms with Crippen molar-refractivity contribution in [3.05, 3.63) is 33.7 Å². The molecule has 0 saturated carbocycles. The molecule has 0 atom stereocenters. The van der Waals surface area contributed by atoms with Gasteiger partial charge in [0.1, 0.15) is 0 Å². The number of primary sulfonamides is 1. The zero-order chi connectivity index (χ0) is 10.8. The molecule has 0 aromatic heterocycles. The smallest absolute Gasteiger partial charge is 0.225 e. The zero-order valence-corrected chi connectivity index (χ0v) is 8.33. The van der Waals surface area contributed by atoms with Gasteiger partial charge in [0, 0.05) is 9.93 Å². The maximum atomic E-state index is 11.0. The van der Waals surface area contributed by atoms with Gasteiger partial charge in [-0.2, -0.15) is 0 Å². The van der Waals surface area contributed by atoms with Gasteiger partial charge in [-0.15, -0.1) is 0 Å². The van der Waals surface area contributed by atoms with E-state index in [0.717, 1.165) is 6.07 Å². The Hall–Kier alpha value is -1.27. The second kappa shape index (κ2) is 3.85. The van der Waals surface area contributed by atoms with E-state index in [1.807, 2.05) is 0 Å². The Bertz CT molecular complexity index is 507. The molecule has 2 N–H and O–H groups in total. The molecule has 6 nitrogen and oxygen atoms in total. The lowest BCUT2D eigenvalue weighted by Gasteiger charge is -2.02. The summed E-state index contributed by atoms with van der Waals surface area (Å²) in [5, 5.41) is 8.26. The quantitative estimate of drug-likeness (QED) is 0.477. The number of rotatable bonds is 2. The van der Waals surface area contributed by atoms with E-state index in [2.05, 4.69) is 10.0 Å². The Labute approximate surface area is 85.0 Å². The fourth-order valence-electron chi connectivity index (χ4n) is 0.847. The molecule has 0 heterocycles. The van der Waals surface area contributed by atoms with Crippen LogP contribution in [0.4, 0.5) is 5.69 Å². The first kappa shape index (κ1) is 10.8. The van der Waals surface area contributed by atoms with Gasteiger partial charge in [-0.05, 0) is 23.7 Å². The van der Waals surface area contributed by atoms with E-state index in [-0.39, 0.29) is 15.6 Å². The minimum Gasteiger partial charge on any atom is -0.225 e. The third kappa shape index (κ3) is 2.36. The maximum Gasteiger partial charge on any atom is 0.238 e. The van der Waals surface area contributed by atoms with Crippen LogP contribution >= 0.6 is 11.6 Å². The highest BCUT2D eigenvalue weighted by Gasteiger charge is 2.13. The molecule has 0 radical (unpaired) electrons. The Morgan fingerprint density at radius 3 is 2.64 bits per heavy atom. The van der Waals surface area contributed by atoms with Crippen LogP contribution in [-0.4, -0.2) is 8.42 Å². The minimum absolute atomic E-state index is 0.0700. The molecule has 8 heteroatoms. The van der Waals surface area contributed by atoms with Crippen LogP contribution in [0.3, 0.4) is 0 Å². The second-order valence-electron chi connectivity index (χ2n) is 2.35. The average molecular weight is 233 g/mol. The Kier molecular flexibility index (Phi) is 2.97. The molecule has 0 fully saturated rings. The molecule has 14 heavy (non-hydrogen) atoms. The lowest BCUT2D eigenvalue weighted by molar-refractivity contribution is 0.598. The number of halogens is 1. The Morgan fingerprint density at radius 2 is 2.14 bits per heavy atom. The predicted molar refractivity (Wildman–Crippen MR) is 51.6 cm³/mol. The summed E-state index contributed by atoms with van der Waals surface area (Å²) in [5.74, 6) is 0. The number of sulfonamides is 1. The summed E-state index contributed by atoms with van der Waals surface area (Å²) in [6, 6.07) is 3.81. The molecule has 0 saturated heterocycles. The van der Waals surface area contributed by atoms with Crippen LogP contribution in [-0.2, 0) is 10.0 Å². The van der Waals surface area contributed by atoms with Crippen LogP contribution in [0.1, 0.15) is 0 Å². The third-order valence-electron chi connectivity index (χ3n) is 1.38. The molecule has 0 amide bonds. The first-order chi connectivity index (χ1) is 6.45. The van der Waals surface area contributed by atoms with E-state index in [0.29, 0.717) is 0 Å². The van der Waals surface area contributed by atoms with E-state index in [9.17, 15) is 8.42 Å². The summed E-state index contributed by atoms with van der Waals surface area (Å²) in [6.07, 6.45) is 0. The summed E-state index contributed by atoms with van der Waals surface area (Å²) in [4.78, 5) is 2.18. The van der Waals surface area contributed by atoms with Crippen LogP contribution in [0, 0.1) is 0 Å². The van der Waals surface area contributed by atoms with Crippen molar-refractivity contribution in [2.24, 2.45) is 10.3 Å². The average Bonchev–Trinajstić information content (AvgIpc) is 2.07. The maximum absolute atomic E-state index is 11.0. The number of benzene rings is 1. The number of hydrogen-bond donors (Lipinski definition) is 1. The molecule has 0 bridgehead atoms. The fourth-order valence-corrected chi connectivity index (χ4v) is 1.78. The van der Waals surface area contributed by atoms with Crippen molar-refractivity contribution in [2.75, 3.05) is 0 Å². The van der Waals surface area contributed by atoms with Crippen molar-refractivity contribution in [1.29, 1.82) is 0 Å². The van der Waals surface area contributed by atoms with Crippen LogP contribution in [0.15, 0.2) is 28.2 Å². The van der Waals surface area contributed by atoms with Gasteiger partial charge in [-0.25, -0.2) is 13.6 Å². The summed E-state index contributed by atoms with van der Waals surface area (Å²) < 4.78 is 22.0. The molecule has 74 valence electrons. The third-order valence-corrected chi connectivity index (χ3v) is 2.56. The van der Waals surface area contributed by atoms with Gasteiger partial charge < -0.3 is 0 Å². The van der Waals surface area contributed by atoms with E-state index in [1.165, 1.54) is 12.1 Å². The second-order valence-corrected chi connectivity index (χ2v) is 4.31. The van der Waals surface area contributed by atoms with Crippen molar-refractivity contribution in [2.45, 2.75) is 4.90 Å². The Morgan fingerprint density at radius 1 is 1.50 bits per heavy atom. The SMILES string of the molecule is [N-]=[N+]=Nc1ccc(Cl)cc1S(N)(=O)=O. The lowest BCUT2D eigenvalue weighted by Crippen LogP contribution is -2.12. The van der Waals surface area contributed by atoms with Crippen molar-refractivity contribution >= 4 is 27.3 Å².